The molecule has 4 atom stereocenters. The van der Waals surface area contributed by atoms with Crippen molar-refractivity contribution in [2.75, 3.05) is 13.1 Å². The molecule has 1 aliphatic heterocycles. The number of nitrogens with one attached hydrogen (secondary N) is 1. The largest absolute Gasteiger partial charge is 0.481 e. The zero-order valence-electron chi connectivity index (χ0n) is 12.4. The van der Waals surface area contributed by atoms with Gasteiger partial charge in [0.2, 0.25) is 0 Å². The van der Waals surface area contributed by atoms with Crippen molar-refractivity contribution in [3.05, 3.63) is 0 Å². The number of fused-ring (bicyclic) bond motifs is 2. The molecule has 1 saturated heterocycles. The van der Waals surface area contributed by atoms with Gasteiger partial charge in [0.15, 0.2) is 0 Å². The normalized spacial score (nSPS) is 41.5. The van der Waals surface area contributed by atoms with E-state index >= 15 is 0 Å². The monoisotopic (exact) mass is 296 g/mol. The predicted molar refractivity (Wildman–Crippen MR) is 75.7 cm³/mol. The number of carboxylic acids is 2. The van der Waals surface area contributed by atoms with Crippen LogP contribution in [0.2, 0.25) is 0 Å². The molecule has 2 bridgehead atoms. The van der Waals surface area contributed by atoms with Crippen molar-refractivity contribution >= 4 is 11.9 Å². The summed E-state index contributed by atoms with van der Waals surface area (Å²) in [7, 11) is 0. The fourth-order valence-electron chi connectivity index (χ4n) is 4.70. The Morgan fingerprint density at radius 1 is 1.33 bits per heavy atom. The van der Waals surface area contributed by atoms with Crippen LogP contribution in [0.1, 0.15) is 39.0 Å². The van der Waals surface area contributed by atoms with Gasteiger partial charge >= 0.3 is 11.9 Å². The summed E-state index contributed by atoms with van der Waals surface area (Å²) in [5.74, 6) is -1.45. The van der Waals surface area contributed by atoms with Gasteiger partial charge in [0, 0.05) is 18.6 Å². The highest BCUT2D eigenvalue weighted by molar-refractivity contribution is 5.77. The Kier molecular flexibility index (Phi) is 3.12. The molecule has 0 aromatic rings. The second kappa shape index (κ2) is 4.43. The molecule has 6 heteroatoms. The highest BCUT2D eigenvalue weighted by atomic mass is 16.4. The predicted octanol–water partition coefficient (Wildman–Crippen LogP) is 0.659. The maximum atomic E-state index is 11.8. The first-order chi connectivity index (χ1) is 9.72. The maximum absolute atomic E-state index is 11.8. The van der Waals surface area contributed by atoms with E-state index in [1.54, 1.807) is 6.92 Å². The number of carboxylic acid groups (broad SMARTS) is 2. The van der Waals surface area contributed by atoms with E-state index in [9.17, 15) is 19.8 Å². The first-order valence-electron chi connectivity index (χ1n) is 7.68. The zero-order valence-corrected chi connectivity index (χ0v) is 12.4. The number of aliphatic carboxylic acids is 2. The minimum absolute atomic E-state index is 0.0101. The number of carbonyl (C=O) groups is 2. The van der Waals surface area contributed by atoms with Crippen molar-refractivity contribution < 1.29 is 19.8 Å². The summed E-state index contributed by atoms with van der Waals surface area (Å²) < 4.78 is 0. The molecule has 5 N–H and O–H groups in total. The summed E-state index contributed by atoms with van der Waals surface area (Å²) >= 11 is 0. The number of hydrogen-bond donors (Lipinski definition) is 4. The van der Waals surface area contributed by atoms with Gasteiger partial charge in [-0.15, -0.1) is 0 Å². The number of rotatable bonds is 5. The van der Waals surface area contributed by atoms with E-state index in [-0.39, 0.29) is 11.8 Å². The Morgan fingerprint density at radius 2 is 2.00 bits per heavy atom. The Bertz CT molecular complexity index is 492. The van der Waals surface area contributed by atoms with Gasteiger partial charge in [-0.1, -0.05) is 0 Å². The highest BCUT2D eigenvalue weighted by Crippen LogP contribution is 2.61. The van der Waals surface area contributed by atoms with Gasteiger partial charge in [-0.3, -0.25) is 9.59 Å². The van der Waals surface area contributed by atoms with Crippen molar-refractivity contribution in [1.29, 1.82) is 0 Å². The Balaban J connectivity index is 1.82. The summed E-state index contributed by atoms with van der Waals surface area (Å²) in [6.07, 6.45) is 2.84. The fourth-order valence-corrected chi connectivity index (χ4v) is 4.70. The van der Waals surface area contributed by atoms with Crippen molar-refractivity contribution in [2.45, 2.75) is 44.6 Å². The van der Waals surface area contributed by atoms with Crippen LogP contribution in [0.4, 0.5) is 0 Å². The van der Waals surface area contributed by atoms with Gasteiger partial charge in [-0.05, 0) is 50.9 Å². The second-order valence-electron chi connectivity index (χ2n) is 7.68. The fraction of sp³-hybridized carbons (Fsp3) is 0.867. The van der Waals surface area contributed by atoms with E-state index in [1.807, 2.05) is 0 Å². The molecule has 1 heterocycles. The summed E-state index contributed by atoms with van der Waals surface area (Å²) in [6.45, 7) is 3.23. The molecular formula is C15H24N2O4. The van der Waals surface area contributed by atoms with E-state index in [0.717, 1.165) is 13.1 Å². The van der Waals surface area contributed by atoms with Crippen LogP contribution >= 0.6 is 0 Å². The van der Waals surface area contributed by atoms with E-state index < -0.39 is 28.3 Å². The average Bonchev–Trinajstić information content (AvgIpc) is 2.78. The van der Waals surface area contributed by atoms with Gasteiger partial charge < -0.3 is 21.3 Å². The molecule has 0 aromatic carbocycles. The van der Waals surface area contributed by atoms with Crippen molar-refractivity contribution in [2.24, 2.45) is 28.4 Å². The lowest BCUT2D eigenvalue weighted by molar-refractivity contribution is -0.155. The Morgan fingerprint density at radius 3 is 2.43 bits per heavy atom. The summed E-state index contributed by atoms with van der Waals surface area (Å²) in [6, 6.07) is 0. The number of nitrogens with two attached hydrogens (primary N) is 1. The lowest BCUT2D eigenvalue weighted by Gasteiger charge is -2.44. The molecule has 118 valence electrons. The summed E-state index contributed by atoms with van der Waals surface area (Å²) in [5, 5.41) is 22.3. The smallest absolute Gasteiger partial charge is 0.309 e. The van der Waals surface area contributed by atoms with Gasteiger partial charge in [0.25, 0.3) is 0 Å². The molecule has 2 aliphatic carbocycles. The molecule has 0 aromatic heterocycles. The average molecular weight is 296 g/mol. The van der Waals surface area contributed by atoms with Crippen LogP contribution in [0, 0.1) is 22.7 Å². The first kappa shape index (κ1) is 14.8. The highest BCUT2D eigenvalue weighted by Gasteiger charge is 2.63. The molecule has 6 nitrogen and oxygen atoms in total. The van der Waals surface area contributed by atoms with Crippen LogP contribution in [-0.2, 0) is 9.59 Å². The third-order valence-corrected chi connectivity index (χ3v) is 6.48. The lowest BCUT2D eigenvalue weighted by atomic mass is 9.64. The second-order valence-corrected chi connectivity index (χ2v) is 7.68. The quantitative estimate of drug-likeness (QED) is 0.593. The molecular weight excluding hydrogens is 272 g/mol. The van der Waals surface area contributed by atoms with Gasteiger partial charge in [0.05, 0.1) is 10.8 Å². The minimum Gasteiger partial charge on any atom is -0.481 e. The molecule has 21 heavy (non-hydrogen) atoms. The van der Waals surface area contributed by atoms with Gasteiger partial charge in [-0.2, -0.15) is 0 Å². The lowest BCUT2D eigenvalue weighted by Crippen LogP contribution is -2.56. The zero-order chi connectivity index (χ0) is 15.5. The molecule has 0 radical (unpaired) electrons. The van der Waals surface area contributed by atoms with Crippen molar-refractivity contribution in [1.82, 2.24) is 5.32 Å². The van der Waals surface area contributed by atoms with E-state index in [0.29, 0.717) is 32.1 Å². The van der Waals surface area contributed by atoms with Crippen molar-refractivity contribution in [3.8, 4) is 0 Å². The van der Waals surface area contributed by atoms with E-state index in [1.165, 1.54) is 0 Å². The molecule has 3 aliphatic rings. The van der Waals surface area contributed by atoms with Crippen molar-refractivity contribution in [3.63, 3.8) is 0 Å². The number of hydrogen-bond acceptors (Lipinski definition) is 4. The molecule has 4 unspecified atom stereocenters. The summed E-state index contributed by atoms with van der Waals surface area (Å²) in [5.41, 5.74) is 4.44. The van der Waals surface area contributed by atoms with Crippen LogP contribution in [0.15, 0.2) is 0 Å². The van der Waals surface area contributed by atoms with Crippen LogP contribution < -0.4 is 11.1 Å². The van der Waals surface area contributed by atoms with Crippen LogP contribution in [-0.4, -0.2) is 40.8 Å². The topological polar surface area (TPSA) is 113 Å². The summed E-state index contributed by atoms with van der Waals surface area (Å²) in [4.78, 5) is 23.4. The van der Waals surface area contributed by atoms with Crippen LogP contribution in [0.5, 0.6) is 0 Å². The standard InChI is InChI=1S/C15H24N2O4/c1-13(11(18)19,10-6-17-7-10)4-9-5-14(12(20)21)2-3-15(9,16)8-14/h9-10,17H,2-8,16H2,1H3,(H,18,19)(H,20,21). The SMILES string of the molecule is CC(CC1CC2(C(=O)O)CCC1(N)C2)(C(=O)O)C1CNC1. The molecule has 0 amide bonds. The third-order valence-electron chi connectivity index (χ3n) is 6.48. The van der Waals surface area contributed by atoms with Gasteiger partial charge in [-0.25, -0.2) is 0 Å². The van der Waals surface area contributed by atoms with Crippen LogP contribution in [0.3, 0.4) is 0 Å². The van der Waals surface area contributed by atoms with Crippen LogP contribution in [0.25, 0.3) is 0 Å². The van der Waals surface area contributed by atoms with Gasteiger partial charge in [0.1, 0.15) is 0 Å². The van der Waals surface area contributed by atoms with E-state index in [4.69, 9.17) is 5.73 Å². The molecule has 2 saturated carbocycles. The van der Waals surface area contributed by atoms with E-state index in [2.05, 4.69) is 5.32 Å². The molecule has 3 rings (SSSR count). The minimum atomic E-state index is -0.813. The third kappa shape index (κ3) is 1.99. The molecule has 3 fully saturated rings. The first-order valence-corrected chi connectivity index (χ1v) is 7.68. The molecule has 0 spiro atoms. The Labute approximate surface area is 124 Å². The Hall–Kier alpha value is -1.14. The maximum Gasteiger partial charge on any atom is 0.309 e.